The van der Waals surface area contributed by atoms with E-state index >= 15 is 0 Å². The van der Waals surface area contributed by atoms with Crippen LogP contribution < -0.4 is 5.32 Å². The highest BCUT2D eigenvalue weighted by Gasteiger charge is 2.19. The lowest BCUT2D eigenvalue weighted by Crippen LogP contribution is -2.31. The summed E-state index contributed by atoms with van der Waals surface area (Å²) in [5, 5.41) is 2.88. The number of carbonyl (C=O) groups is 2. The van der Waals surface area contributed by atoms with Gasteiger partial charge in [0.15, 0.2) is 6.10 Å². The molecule has 1 N–H and O–H groups in total. The molecule has 3 aromatic rings. The van der Waals surface area contributed by atoms with Crippen LogP contribution in [0.2, 0.25) is 0 Å². The number of anilines is 1. The van der Waals surface area contributed by atoms with Crippen LogP contribution in [0.3, 0.4) is 0 Å². The second kappa shape index (κ2) is 9.40. The molecule has 4 heteroatoms. The summed E-state index contributed by atoms with van der Waals surface area (Å²) < 4.78 is 5.36. The molecule has 0 bridgehead atoms. The Hall–Kier alpha value is -3.40. The van der Waals surface area contributed by atoms with E-state index in [-0.39, 0.29) is 12.3 Å². The van der Waals surface area contributed by atoms with Crippen LogP contribution in [0.5, 0.6) is 0 Å². The Morgan fingerprint density at radius 2 is 1.43 bits per heavy atom. The zero-order chi connectivity index (χ0) is 21.7. The number of nitrogens with one attached hydrogen (secondary N) is 1. The molecule has 30 heavy (non-hydrogen) atoms. The summed E-state index contributed by atoms with van der Waals surface area (Å²) in [7, 11) is 0. The van der Waals surface area contributed by atoms with Crippen LogP contribution in [0.1, 0.15) is 29.2 Å². The predicted octanol–water partition coefficient (Wildman–Crippen LogP) is 5.39. The standard InChI is InChI=1S/C26H27NO3/c1-17-14-18(2)25(19(3)15-17)27-26(29)20(4)30-24(28)16-21-10-12-23(13-11-21)22-8-6-5-7-9-22/h5-15,20H,16H2,1-4H3,(H,27,29)/t20-/m1/s1. The minimum absolute atomic E-state index is 0.120. The van der Waals surface area contributed by atoms with Crippen molar-refractivity contribution in [2.45, 2.75) is 40.2 Å². The maximum atomic E-state index is 12.5. The van der Waals surface area contributed by atoms with E-state index in [0.29, 0.717) is 0 Å². The van der Waals surface area contributed by atoms with E-state index in [1.165, 1.54) is 0 Å². The maximum Gasteiger partial charge on any atom is 0.311 e. The molecule has 0 fully saturated rings. The lowest BCUT2D eigenvalue weighted by atomic mass is 10.0. The van der Waals surface area contributed by atoms with E-state index in [9.17, 15) is 9.59 Å². The Morgan fingerprint density at radius 1 is 0.867 bits per heavy atom. The van der Waals surface area contributed by atoms with Gasteiger partial charge in [0.1, 0.15) is 0 Å². The summed E-state index contributed by atoms with van der Waals surface area (Å²) in [6.45, 7) is 7.50. The molecule has 1 amide bonds. The van der Waals surface area contributed by atoms with Gasteiger partial charge in [-0.1, -0.05) is 72.3 Å². The molecule has 3 aromatic carbocycles. The third-order valence-corrected chi connectivity index (χ3v) is 5.01. The molecular weight excluding hydrogens is 374 g/mol. The molecular formula is C26H27NO3. The van der Waals surface area contributed by atoms with Crippen LogP contribution in [0.4, 0.5) is 5.69 Å². The number of esters is 1. The molecule has 0 unspecified atom stereocenters. The minimum atomic E-state index is -0.874. The SMILES string of the molecule is Cc1cc(C)c(NC(=O)[C@@H](C)OC(=O)Cc2ccc(-c3ccccc3)cc2)c(C)c1. The van der Waals surface area contributed by atoms with Crippen molar-refractivity contribution in [1.29, 1.82) is 0 Å². The van der Waals surface area contributed by atoms with Gasteiger partial charge in [0, 0.05) is 5.69 Å². The maximum absolute atomic E-state index is 12.5. The molecule has 0 heterocycles. The Bertz CT molecular complexity index is 1020. The quantitative estimate of drug-likeness (QED) is 0.563. The van der Waals surface area contributed by atoms with Crippen LogP contribution in [-0.4, -0.2) is 18.0 Å². The summed E-state index contributed by atoms with van der Waals surface area (Å²) in [5.74, 6) is -0.764. The van der Waals surface area contributed by atoms with Crippen molar-refractivity contribution in [3.05, 3.63) is 89.0 Å². The van der Waals surface area contributed by atoms with Gasteiger partial charge in [-0.05, 0) is 55.5 Å². The van der Waals surface area contributed by atoms with Crippen LogP contribution in [-0.2, 0) is 20.7 Å². The molecule has 154 valence electrons. The molecule has 1 atom stereocenters. The zero-order valence-electron chi connectivity index (χ0n) is 17.9. The van der Waals surface area contributed by atoms with Crippen LogP contribution >= 0.6 is 0 Å². The van der Waals surface area contributed by atoms with E-state index in [0.717, 1.165) is 39.1 Å². The number of hydrogen-bond acceptors (Lipinski definition) is 3. The minimum Gasteiger partial charge on any atom is -0.452 e. The lowest BCUT2D eigenvalue weighted by Gasteiger charge is -2.17. The highest BCUT2D eigenvalue weighted by atomic mass is 16.5. The number of benzene rings is 3. The van der Waals surface area contributed by atoms with Crippen molar-refractivity contribution in [2.24, 2.45) is 0 Å². The van der Waals surface area contributed by atoms with Gasteiger partial charge in [0.05, 0.1) is 6.42 Å². The third-order valence-electron chi connectivity index (χ3n) is 5.01. The fourth-order valence-corrected chi connectivity index (χ4v) is 3.51. The molecule has 0 aliphatic heterocycles. The van der Waals surface area contributed by atoms with Crippen LogP contribution in [0.15, 0.2) is 66.7 Å². The molecule has 0 aliphatic carbocycles. The summed E-state index contributed by atoms with van der Waals surface area (Å²) in [4.78, 5) is 24.8. The monoisotopic (exact) mass is 401 g/mol. The number of hydrogen-bond donors (Lipinski definition) is 1. The number of carbonyl (C=O) groups excluding carboxylic acids is 2. The molecule has 0 spiro atoms. The average molecular weight is 402 g/mol. The third kappa shape index (κ3) is 5.35. The zero-order valence-corrected chi connectivity index (χ0v) is 17.9. The number of rotatable bonds is 6. The second-order valence-corrected chi connectivity index (χ2v) is 7.63. The Kier molecular flexibility index (Phi) is 6.68. The van der Waals surface area contributed by atoms with Crippen molar-refractivity contribution >= 4 is 17.6 Å². The smallest absolute Gasteiger partial charge is 0.311 e. The summed E-state index contributed by atoms with van der Waals surface area (Å²) in [6.07, 6.45) is -0.754. The van der Waals surface area contributed by atoms with Crippen LogP contribution in [0.25, 0.3) is 11.1 Å². The Morgan fingerprint density at radius 3 is 2.03 bits per heavy atom. The number of ether oxygens (including phenoxy) is 1. The highest BCUT2D eigenvalue weighted by molar-refractivity contribution is 5.96. The van der Waals surface area contributed by atoms with Gasteiger partial charge in [-0.15, -0.1) is 0 Å². The second-order valence-electron chi connectivity index (χ2n) is 7.63. The first-order valence-electron chi connectivity index (χ1n) is 10.1. The lowest BCUT2D eigenvalue weighted by molar-refractivity contribution is -0.152. The van der Waals surface area contributed by atoms with Gasteiger partial charge in [0.2, 0.25) is 0 Å². The van der Waals surface area contributed by atoms with E-state index in [1.807, 2.05) is 87.5 Å². The number of aryl methyl sites for hydroxylation is 3. The van der Waals surface area contributed by atoms with Crippen molar-refractivity contribution < 1.29 is 14.3 Å². The van der Waals surface area contributed by atoms with Crippen molar-refractivity contribution in [3.8, 4) is 11.1 Å². The van der Waals surface area contributed by atoms with E-state index < -0.39 is 12.1 Å². The first-order chi connectivity index (χ1) is 14.3. The van der Waals surface area contributed by atoms with E-state index in [4.69, 9.17) is 4.74 Å². The number of amides is 1. The normalized spacial score (nSPS) is 11.6. The summed E-state index contributed by atoms with van der Waals surface area (Å²) >= 11 is 0. The van der Waals surface area contributed by atoms with Crippen molar-refractivity contribution in [2.75, 3.05) is 5.32 Å². The fourth-order valence-electron chi connectivity index (χ4n) is 3.51. The average Bonchev–Trinajstić information content (AvgIpc) is 2.71. The highest BCUT2D eigenvalue weighted by Crippen LogP contribution is 2.22. The van der Waals surface area contributed by atoms with Gasteiger partial charge in [0.25, 0.3) is 5.91 Å². The molecule has 0 aliphatic rings. The van der Waals surface area contributed by atoms with Crippen LogP contribution in [0, 0.1) is 20.8 Å². The first-order valence-corrected chi connectivity index (χ1v) is 10.1. The molecule has 0 saturated carbocycles. The van der Waals surface area contributed by atoms with Gasteiger partial charge in [-0.25, -0.2) is 0 Å². The topological polar surface area (TPSA) is 55.4 Å². The molecule has 0 aromatic heterocycles. The van der Waals surface area contributed by atoms with Crippen molar-refractivity contribution in [3.63, 3.8) is 0 Å². The van der Waals surface area contributed by atoms with Crippen molar-refractivity contribution in [1.82, 2.24) is 0 Å². The summed E-state index contributed by atoms with van der Waals surface area (Å²) in [6, 6.07) is 21.9. The molecule has 3 rings (SSSR count). The Balaban J connectivity index is 1.57. The van der Waals surface area contributed by atoms with Gasteiger partial charge in [-0.2, -0.15) is 0 Å². The summed E-state index contributed by atoms with van der Waals surface area (Å²) in [5.41, 5.74) is 6.93. The van der Waals surface area contributed by atoms with E-state index in [1.54, 1.807) is 6.92 Å². The Labute approximate surface area is 177 Å². The fraction of sp³-hybridized carbons (Fsp3) is 0.231. The van der Waals surface area contributed by atoms with E-state index in [2.05, 4.69) is 5.32 Å². The molecule has 0 saturated heterocycles. The van der Waals surface area contributed by atoms with Gasteiger partial charge >= 0.3 is 5.97 Å². The molecule has 4 nitrogen and oxygen atoms in total. The van der Waals surface area contributed by atoms with Gasteiger partial charge < -0.3 is 10.1 Å². The first kappa shape index (κ1) is 21.3. The predicted molar refractivity (Wildman–Crippen MR) is 120 cm³/mol. The van der Waals surface area contributed by atoms with Gasteiger partial charge in [-0.3, -0.25) is 9.59 Å². The molecule has 0 radical (unpaired) electrons. The largest absolute Gasteiger partial charge is 0.452 e.